The smallest absolute Gasteiger partial charge is 0.335 e. The van der Waals surface area contributed by atoms with E-state index in [2.05, 4.69) is 4.72 Å². The zero-order valence-corrected chi connectivity index (χ0v) is 13.0. The average molecular weight is 319 g/mol. The van der Waals surface area contributed by atoms with Crippen LogP contribution in [0.25, 0.3) is 0 Å². The highest BCUT2D eigenvalue weighted by Crippen LogP contribution is 2.16. The molecule has 0 amide bonds. The summed E-state index contributed by atoms with van der Waals surface area (Å²) < 4.78 is 37.7. The first-order valence-electron chi connectivity index (χ1n) is 5.80. The van der Waals surface area contributed by atoms with Gasteiger partial charge >= 0.3 is 5.97 Å². The van der Waals surface area contributed by atoms with Crippen molar-refractivity contribution in [3.63, 3.8) is 0 Å². The number of aryl methyl sites for hydroxylation is 1. The van der Waals surface area contributed by atoms with Crippen molar-refractivity contribution in [2.75, 3.05) is 12.0 Å². The highest BCUT2D eigenvalue weighted by Gasteiger charge is 2.20. The van der Waals surface area contributed by atoms with Gasteiger partial charge < -0.3 is 5.11 Å². The van der Waals surface area contributed by atoms with Gasteiger partial charge in [-0.2, -0.15) is 0 Å². The fourth-order valence-corrected chi connectivity index (χ4v) is 3.88. The Hall–Kier alpha value is -1.25. The number of hydrogen-bond acceptors (Lipinski definition) is 4. The molecule has 0 spiro atoms. The Kier molecular flexibility index (Phi) is 5.43. The number of carbonyl (C=O) groups is 1. The van der Waals surface area contributed by atoms with Crippen molar-refractivity contribution < 1.29 is 22.5 Å². The lowest BCUT2D eigenvalue weighted by Crippen LogP contribution is -2.36. The van der Waals surface area contributed by atoms with Crippen molar-refractivity contribution in [3.8, 4) is 0 Å². The van der Waals surface area contributed by atoms with Crippen LogP contribution in [-0.4, -0.2) is 41.8 Å². The van der Waals surface area contributed by atoms with Crippen LogP contribution in [0.3, 0.4) is 0 Å². The quantitative estimate of drug-likeness (QED) is 0.805. The number of nitrogens with one attached hydrogen (secondary N) is 1. The lowest BCUT2D eigenvalue weighted by atomic mass is 10.1. The van der Waals surface area contributed by atoms with Gasteiger partial charge in [-0.25, -0.2) is 17.9 Å². The van der Waals surface area contributed by atoms with Crippen molar-refractivity contribution >= 4 is 26.8 Å². The Morgan fingerprint density at radius 2 is 2.05 bits per heavy atom. The summed E-state index contributed by atoms with van der Waals surface area (Å²) in [5.41, 5.74) is 0.429. The Morgan fingerprint density at radius 1 is 1.45 bits per heavy atom. The summed E-state index contributed by atoms with van der Waals surface area (Å²) in [7, 11) is -4.95. The minimum absolute atomic E-state index is 0.0559. The molecule has 0 aliphatic rings. The Bertz CT molecular complexity index is 639. The van der Waals surface area contributed by atoms with E-state index in [4.69, 9.17) is 5.11 Å². The first-order chi connectivity index (χ1) is 9.13. The fourth-order valence-electron chi connectivity index (χ4n) is 1.72. The van der Waals surface area contributed by atoms with E-state index in [0.29, 0.717) is 5.56 Å². The summed E-state index contributed by atoms with van der Waals surface area (Å²) in [6, 6.07) is 3.41. The number of hydrogen-bond donors (Lipinski definition) is 2. The van der Waals surface area contributed by atoms with Gasteiger partial charge in [-0.15, -0.1) is 0 Å². The number of carboxylic acids is 1. The molecule has 1 aromatic carbocycles. The first-order valence-corrected chi connectivity index (χ1v) is 9.01. The summed E-state index contributed by atoms with van der Waals surface area (Å²) in [5, 5.41) is 9.00. The van der Waals surface area contributed by atoms with Crippen LogP contribution in [0.15, 0.2) is 23.1 Å². The maximum Gasteiger partial charge on any atom is 0.335 e. The summed E-state index contributed by atoms with van der Waals surface area (Å²) in [5.74, 6) is -0.987. The first kappa shape index (κ1) is 16.8. The van der Waals surface area contributed by atoms with Gasteiger partial charge in [0, 0.05) is 28.9 Å². The van der Waals surface area contributed by atoms with Gasteiger partial charge in [0.1, 0.15) is 0 Å². The summed E-state index contributed by atoms with van der Waals surface area (Å²) >= 11 is 0. The molecule has 112 valence electrons. The highest BCUT2D eigenvalue weighted by molar-refractivity contribution is 7.89. The Balaban J connectivity index is 3.07. The molecule has 0 aliphatic heterocycles. The topological polar surface area (TPSA) is 101 Å². The second kappa shape index (κ2) is 6.47. The predicted octanol–water partition coefficient (Wildman–Crippen LogP) is 0.739. The van der Waals surface area contributed by atoms with E-state index >= 15 is 0 Å². The second-order valence-electron chi connectivity index (χ2n) is 4.54. The molecule has 1 aromatic rings. The summed E-state index contributed by atoms with van der Waals surface area (Å²) in [6.07, 6.45) is 1.49. The molecule has 0 aromatic heterocycles. The van der Waals surface area contributed by atoms with Crippen molar-refractivity contribution in [3.05, 3.63) is 29.3 Å². The number of sulfonamides is 1. The van der Waals surface area contributed by atoms with Gasteiger partial charge in [0.15, 0.2) is 0 Å². The molecule has 2 N–H and O–H groups in total. The van der Waals surface area contributed by atoms with Crippen LogP contribution < -0.4 is 4.72 Å². The third-order valence-corrected chi connectivity index (χ3v) is 5.15. The molecule has 20 heavy (non-hydrogen) atoms. The molecule has 0 bridgehead atoms. The van der Waals surface area contributed by atoms with E-state index in [1.807, 2.05) is 0 Å². The maximum absolute atomic E-state index is 12.1. The molecular weight excluding hydrogens is 302 g/mol. The number of rotatable bonds is 6. The van der Waals surface area contributed by atoms with Crippen LogP contribution in [0, 0.1) is 6.92 Å². The minimum Gasteiger partial charge on any atom is -0.478 e. The van der Waals surface area contributed by atoms with E-state index in [-0.39, 0.29) is 16.2 Å². The van der Waals surface area contributed by atoms with E-state index < -0.39 is 32.8 Å². The van der Waals surface area contributed by atoms with Gasteiger partial charge in [0.2, 0.25) is 10.0 Å². The second-order valence-corrected chi connectivity index (χ2v) is 7.74. The zero-order chi connectivity index (χ0) is 15.5. The van der Waals surface area contributed by atoms with E-state index in [1.165, 1.54) is 18.4 Å². The van der Waals surface area contributed by atoms with Crippen LogP contribution >= 0.6 is 0 Å². The predicted molar refractivity (Wildman–Crippen MR) is 76.9 cm³/mol. The SMILES string of the molecule is Cc1ccc(S(=O)(=O)NC(C)CS(C)=O)cc1C(=O)O. The molecule has 0 saturated carbocycles. The molecule has 2 atom stereocenters. The standard InChI is InChI=1S/C12H17NO5S2/c1-8-4-5-10(6-11(8)12(14)15)20(17,18)13-9(2)7-19(3)16/h4-6,9,13H,7H2,1-3H3,(H,14,15). The Morgan fingerprint density at radius 3 is 2.55 bits per heavy atom. The maximum atomic E-state index is 12.1. The minimum atomic E-state index is -3.83. The molecule has 0 radical (unpaired) electrons. The molecule has 0 saturated heterocycles. The lowest BCUT2D eigenvalue weighted by Gasteiger charge is -2.13. The number of aromatic carboxylic acids is 1. The van der Waals surface area contributed by atoms with Crippen molar-refractivity contribution in [1.82, 2.24) is 4.72 Å². The molecule has 2 unspecified atom stereocenters. The molecule has 8 heteroatoms. The van der Waals surface area contributed by atoms with Crippen LogP contribution in [0.2, 0.25) is 0 Å². The third-order valence-electron chi connectivity index (χ3n) is 2.59. The van der Waals surface area contributed by atoms with E-state index in [9.17, 15) is 17.4 Å². The van der Waals surface area contributed by atoms with E-state index in [1.54, 1.807) is 13.8 Å². The molecular formula is C12H17NO5S2. The lowest BCUT2D eigenvalue weighted by molar-refractivity contribution is 0.0696. The summed E-state index contributed by atoms with van der Waals surface area (Å²) in [4.78, 5) is 10.9. The molecule has 6 nitrogen and oxygen atoms in total. The van der Waals surface area contributed by atoms with Gasteiger partial charge in [0.25, 0.3) is 0 Å². The van der Waals surface area contributed by atoms with Crippen molar-refractivity contribution in [2.24, 2.45) is 0 Å². The van der Waals surface area contributed by atoms with Crippen molar-refractivity contribution in [1.29, 1.82) is 0 Å². The fraction of sp³-hybridized carbons (Fsp3) is 0.417. The largest absolute Gasteiger partial charge is 0.478 e. The van der Waals surface area contributed by atoms with Gasteiger partial charge in [-0.05, 0) is 31.5 Å². The van der Waals surface area contributed by atoms with Crippen LogP contribution in [0.4, 0.5) is 0 Å². The number of carboxylic acid groups (broad SMARTS) is 1. The molecule has 0 fully saturated rings. The van der Waals surface area contributed by atoms with E-state index in [0.717, 1.165) is 6.07 Å². The average Bonchev–Trinajstić information content (AvgIpc) is 2.26. The Labute approximate surface area is 120 Å². The summed E-state index contributed by atoms with van der Waals surface area (Å²) in [6.45, 7) is 3.20. The molecule has 0 heterocycles. The van der Waals surface area contributed by atoms with Crippen LogP contribution in [0.1, 0.15) is 22.8 Å². The molecule has 1 rings (SSSR count). The van der Waals surface area contributed by atoms with Gasteiger partial charge in [-0.1, -0.05) is 6.07 Å². The third kappa shape index (κ3) is 4.39. The van der Waals surface area contributed by atoms with Gasteiger partial charge in [-0.3, -0.25) is 4.21 Å². The monoisotopic (exact) mass is 319 g/mol. The number of benzene rings is 1. The van der Waals surface area contributed by atoms with Gasteiger partial charge in [0.05, 0.1) is 10.5 Å². The normalized spacial score (nSPS) is 14.8. The molecule has 0 aliphatic carbocycles. The van der Waals surface area contributed by atoms with Crippen LogP contribution in [0.5, 0.6) is 0 Å². The highest BCUT2D eigenvalue weighted by atomic mass is 32.2. The van der Waals surface area contributed by atoms with Crippen LogP contribution in [-0.2, 0) is 20.8 Å². The van der Waals surface area contributed by atoms with Crippen molar-refractivity contribution in [2.45, 2.75) is 24.8 Å². The zero-order valence-electron chi connectivity index (χ0n) is 11.4.